The van der Waals surface area contributed by atoms with Crippen molar-refractivity contribution in [3.8, 4) is 0 Å². The van der Waals surface area contributed by atoms with Gasteiger partial charge in [-0.25, -0.2) is 0 Å². The van der Waals surface area contributed by atoms with Crippen LogP contribution in [0.1, 0.15) is 45.7 Å². The Kier molecular flexibility index (Phi) is 5.02. The molecule has 7 heteroatoms. The Morgan fingerprint density at radius 2 is 1.50 bits per heavy atom. The van der Waals surface area contributed by atoms with E-state index in [2.05, 4.69) is 0 Å². The second kappa shape index (κ2) is 7.40. The molecule has 2 aromatic rings. The number of carbonyl (C=O) groups is 2. The van der Waals surface area contributed by atoms with Gasteiger partial charge in [-0.05, 0) is 31.5 Å². The Bertz CT molecular complexity index is 1050. The molecule has 0 radical (unpaired) electrons. The topological polar surface area (TPSA) is 46.6 Å². The lowest BCUT2D eigenvalue weighted by Gasteiger charge is -2.39. The van der Waals surface area contributed by atoms with Gasteiger partial charge in [-0.3, -0.25) is 9.59 Å². The first-order valence-corrected chi connectivity index (χ1v) is 9.67. The minimum Gasteiger partial charge on any atom is -0.372 e. The van der Waals surface area contributed by atoms with Crippen molar-refractivity contribution in [1.29, 1.82) is 0 Å². The standard InChI is InChI=1S/C23H20F3NO3/c1-13-11-27(12-14(2)30-13)20-19(15-6-5-7-16(10-15)23(24,25)26)21(28)17-8-3-4-9-18(17)22(20)29/h3-10,13-14H,11-12H2,1-2H3. The molecule has 1 saturated heterocycles. The van der Waals surface area contributed by atoms with E-state index in [1.165, 1.54) is 18.2 Å². The molecule has 156 valence electrons. The van der Waals surface area contributed by atoms with E-state index in [0.29, 0.717) is 13.1 Å². The molecular weight excluding hydrogens is 395 g/mol. The molecule has 0 N–H and O–H groups in total. The van der Waals surface area contributed by atoms with E-state index < -0.39 is 17.5 Å². The van der Waals surface area contributed by atoms with Gasteiger partial charge < -0.3 is 9.64 Å². The molecule has 1 heterocycles. The number of alkyl halides is 3. The minimum atomic E-state index is -4.56. The first-order chi connectivity index (χ1) is 14.2. The third kappa shape index (κ3) is 3.54. The Balaban J connectivity index is 1.94. The van der Waals surface area contributed by atoms with E-state index in [1.54, 1.807) is 23.1 Å². The summed E-state index contributed by atoms with van der Waals surface area (Å²) in [4.78, 5) is 28.6. The lowest BCUT2D eigenvalue weighted by molar-refractivity contribution is -0.137. The van der Waals surface area contributed by atoms with E-state index in [4.69, 9.17) is 4.74 Å². The Labute approximate surface area is 171 Å². The van der Waals surface area contributed by atoms with Gasteiger partial charge in [0.25, 0.3) is 0 Å². The lowest BCUT2D eigenvalue weighted by atomic mass is 9.83. The van der Waals surface area contributed by atoms with Crippen LogP contribution in [0.3, 0.4) is 0 Å². The van der Waals surface area contributed by atoms with Gasteiger partial charge in [0.15, 0.2) is 5.78 Å². The largest absolute Gasteiger partial charge is 0.416 e. The van der Waals surface area contributed by atoms with Crippen molar-refractivity contribution in [2.45, 2.75) is 32.2 Å². The summed E-state index contributed by atoms with van der Waals surface area (Å²) in [7, 11) is 0. The molecule has 2 aliphatic rings. The molecule has 1 aliphatic carbocycles. The third-order valence-electron chi connectivity index (χ3n) is 5.31. The number of benzene rings is 2. The van der Waals surface area contributed by atoms with Gasteiger partial charge in [0.05, 0.1) is 29.0 Å². The Morgan fingerprint density at radius 3 is 2.10 bits per heavy atom. The molecule has 2 atom stereocenters. The number of fused-ring (bicyclic) bond motifs is 1. The van der Waals surface area contributed by atoms with Crippen molar-refractivity contribution in [1.82, 2.24) is 4.90 Å². The van der Waals surface area contributed by atoms with Crippen molar-refractivity contribution in [3.63, 3.8) is 0 Å². The van der Waals surface area contributed by atoms with Gasteiger partial charge in [0.2, 0.25) is 5.78 Å². The zero-order valence-electron chi connectivity index (χ0n) is 16.5. The second-order valence-corrected chi connectivity index (χ2v) is 7.67. The molecule has 0 saturated carbocycles. The molecular formula is C23H20F3NO3. The smallest absolute Gasteiger partial charge is 0.372 e. The summed E-state index contributed by atoms with van der Waals surface area (Å²) < 4.78 is 45.7. The van der Waals surface area contributed by atoms with E-state index in [1.807, 2.05) is 13.8 Å². The van der Waals surface area contributed by atoms with E-state index in [-0.39, 0.29) is 46.0 Å². The summed E-state index contributed by atoms with van der Waals surface area (Å²) in [5.74, 6) is -0.815. The third-order valence-corrected chi connectivity index (χ3v) is 5.31. The maximum atomic E-state index is 13.4. The predicted octanol–water partition coefficient (Wildman–Crippen LogP) is 4.60. The number of hydrogen-bond donors (Lipinski definition) is 0. The highest BCUT2D eigenvalue weighted by atomic mass is 19.4. The normalized spacial score (nSPS) is 22.4. The van der Waals surface area contributed by atoms with Crippen molar-refractivity contribution < 1.29 is 27.5 Å². The molecule has 0 aromatic heterocycles. The number of ether oxygens (including phenoxy) is 1. The van der Waals surface area contributed by atoms with Crippen LogP contribution in [0.25, 0.3) is 5.57 Å². The molecule has 2 aromatic carbocycles. The Hall–Kier alpha value is -2.93. The molecule has 0 spiro atoms. The average Bonchev–Trinajstić information content (AvgIpc) is 2.69. The van der Waals surface area contributed by atoms with Crippen LogP contribution in [-0.4, -0.2) is 41.8 Å². The maximum Gasteiger partial charge on any atom is 0.416 e. The highest BCUT2D eigenvalue weighted by molar-refractivity contribution is 6.40. The number of rotatable bonds is 2. The van der Waals surface area contributed by atoms with Crippen LogP contribution in [0.4, 0.5) is 13.2 Å². The number of halogens is 3. The van der Waals surface area contributed by atoms with E-state index in [9.17, 15) is 22.8 Å². The summed E-state index contributed by atoms with van der Waals surface area (Å²) in [5, 5.41) is 0. The first-order valence-electron chi connectivity index (χ1n) is 9.67. The van der Waals surface area contributed by atoms with Crippen LogP contribution in [0.15, 0.2) is 54.2 Å². The molecule has 4 rings (SSSR count). The molecule has 30 heavy (non-hydrogen) atoms. The van der Waals surface area contributed by atoms with Gasteiger partial charge in [0, 0.05) is 24.2 Å². The zero-order chi connectivity index (χ0) is 21.6. The van der Waals surface area contributed by atoms with Gasteiger partial charge >= 0.3 is 6.18 Å². The zero-order valence-corrected chi connectivity index (χ0v) is 16.5. The van der Waals surface area contributed by atoms with Crippen molar-refractivity contribution in [2.75, 3.05) is 13.1 Å². The summed E-state index contributed by atoms with van der Waals surface area (Å²) in [5.41, 5.74) is -0.173. The predicted molar refractivity (Wildman–Crippen MR) is 105 cm³/mol. The fourth-order valence-corrected chi connectivity index (χ4v) is 4.14. The SMILES string of the molecule is CC1CN(C2=C(c3cccc(C(F)(F)F)c3)C(=O)c3ccccc3C2=O)CC(C)O1. The first kappa shape index (κ1) is 20.3. The summed E-state index contributed by atoms with van der Waals surface area (Å²) >= 11 is 0. The lowest BCUT2D eigenvalue weighted by Crippen LogP contribution is -2.47. The molecule has 0 amide bonds. The number of Topliss-reactive ketones (excluding diaryl/α,β-unsaturated/α-hetero) is 2. The number of morpholine rings is 1. The van der Waals surface area contributed by atoms with Crippen molar-refractivity contribution in [2.24, 2.45) is 0 Å². The molecule has 1 aliphatic heterocycles. The van der Waals surface area contributed by atoms with Crippen LogP contribution in [0.5, 0.6) is 0 Å². The van der Waals surface area contributed by atoms with Crippen LogP contribution in [0.2, 0.25) is 0 Å². The molecule has 2 unspecified atom stereocenters. The van der Waals surface area contributed by atoms with Gasteiger partial charge in [-0.2, -0.15) is 13.2 Å². The average molecular weight is 415 g/mol. The van der Waals surface area contributed by atoms with Gasteiger partial charge in [-0.15, -0.1) is 0 Å². The highest BCUT2D eigenvalue weighted by Gasteiger charge is 2.39. The summed E-state index contributed by atoms with van der Waals surface area (Å²) in [6.45, 7) is 4.44. The Morgan fingerprint density at radius 1 is 0.900 bits per heavy atom. The highest BCUT2D eigenvalue weighted by Crippen LogP contribution is 2.37. The van der Waals surface area contributed by atoms with E-state index in [0.717, 1.165) is 12.1 Å². The summed E-state index contributed by atoms with van der Waals surface area (Å²) in [6.07, 6.45) is -4.94. The second-order valence-electron chi connectivity index (χ2n) is 7.67. The number of hydrogen-bond acceptors (Lipinski definition) is 4. The van der Waals surface area contributed by atoms with Gasteiger partial charge in [0.1, 0.15) is 0 Å². The number of nitrogens with zero attached hydrogens (tertiary/aromatic N) is 1. The number of ketones is 2. The minimum absolute atomic E-state index is 0.00565. The van der Waals surface area contributed by atoms with Crippen molar-refractivity contribution in [3.05, 3.63) is 76.5 Å². The van der Waals surface area contributed by atoms with Gasteiger partial charge in [-0.1, -0.05) is 36.4 Å². The van der Waals surface area contributed by atoms with Crippen LogP contribution in [0, 0.1) is 0 Å². The molecule has 4 nitrogen and oxygen atoms in total. The molecule has 0 bridgehead atoms. The maximum absolute atomic E-state index is 13.4. The monoisotopic (exact) mass is 415 g/mol. The molecule has 1 fully saturated rings. The number of carbonyl (C=O) groups excluding carboxylic acids is 2. The quantitative estimate of drug-likeness (QED) is 0.719. The van der Waals surface area contributed by atoms with Crippen LogP contribution in [-0.2, 0) is 10.9 Å². The van der Waals surface area contributed by atoms with Crippen molar-refractivity contribution >= 4 is 17.1 Å². The van der Waals surface area contributed by atoms with E-state index >= 15 is 0 Å². The van der Waals surface area contributed by atoms with Crippen LogP contribution < -0.4 is 0 Å². The fraction of sp³-hybridized carbons (Fsp3) is 0.304. The fourth-order valence-electron chi connectivity index (χ4n) is 4.14. The van der Waals surface area contributed by atoms with Crippen LogP contribution >= 0.6 is 0 Å². The number of allylic oxidation sites excluding steroid dienone is 2. The summed E-state index contributed by atoms with van der Waals surface area (Å²) in [6, 6.07) is 11.0.